The van der Waals surface area contributed by atoms with E-state index in [0.717, 1.165) is 5.56 Å². The van der Waals surface area contributed by atoms with Crippen LogP contribution < -0.4 is 18.9 Å². The van der Waals surface area contributed by atoms with Crippen molar-refractivity contribution in [3.8, 4) is 0 Å². The third kappa shape index (κ3) is 4.18. The Morgan fingerprint density at radius 2 is 1.79 bits per heavy atom. The minimum Gasteiger partial charge on any atom is -0.698 e. The van der Waals surface area contributed by atoms with Crippen molar-refractivity contribution in [2.24, 2.45) is 0 Å². The van der Waals surface area contributed by atoms with Crippen LogP contribution in [0, 0.1) is 0 Å². The fraction of sp³-hybridized carbons (Fsp3) is 0. The molecule has 66 valence electrons. The van der Waals surface area contributed by atoms with Crippen LogP contribution in [0.3, 0.4) is 0 Å². The Morgan fingerprint density at radius 3 is 2.36 bits per heavy atom. The Bertz CT molecular complexity index is 325. The average Bonchev–Trinajstić information content (AvgIpc) is 2.19. The molecule has 0 spiro atoms. The predicted molar refractivity (Wildman–Crippen MR) is 58.1 cm³/mol. The minimum absolute atomic E-state index is 0. The molecule has 0 aliphatic heterocycles. The molecule has 1 aromatic rings. The van der Waals surface area contributed by atoms with Gasteiger partial charge >= 0.3 is 18.9 Å². The number of rotatable bonds is 3. The van der Waals surface area contributed by atoms with Crippen molar-refractivity contribution in [3.63, 3.8) is 0 Å². The van der Waals surface area contributed by atoms with Gasteiger partial charge in [0.1, 0.15) is 0 Å². The van der Waals surface area contributed by atoms with Gasteiger partial charge in [-0.05, 0) is 5.56 Å². The first-order valence-corrected chi connectivity index (χ1v) is 4.11. The summed E-state index contributed by atoms with van der Waals surface area (Å²) in [7, 11) is 0. The number of benzene rings is 1. The monoisotopic (exact) mass is 177 g/mol. The maximum Gasteiger partial charge on any atom is 1.00 e. The van der Waals surface area contributed by atoms with Crippen LogP contribution in [0.4, 0.5) is 0 Å². The SMILES string of the molecule is C=C/C=C/C=C(\[NH-])c1ccccc1.[Li+]. The summed E-state index contributed by atoms with van der Waals surface area (Å²) in [5.41, 5.74) is 9.11. The predicted octanol–water partition coefficient (Wildman–Crippen LogP) is 0.826. The van der Waals surface area contributed by atoms with Crippen LogP contribution in [-0.2, 0) is 0 Å². The Labute approximate surface area is 97.2 Å². The van der Waals surface area contributed by atoms with Crippen LogP contribution >= 0.6 is 0 Å². The van der Waals surface area contributed by atoms with Crippen molar-refractivity contribution < 1.29 is 18.9 Å². The van der Waals surface area contributed by atoms with E-state index in [1.54, 1.807) is 18.2 Å². The molecule has 0 unspecified atom stereocenters. The van der Waals surface area contributed by atoms with E-state index in [0.29, 0.717) is 5.70 Å². The van der Waals surface area contributed by atoms with Gasteiger partial charge in [-0.25, -0.2) is 0 Å². The molecule has 0 aliphatic carbocycles. The summed E-state index contributed by atoms with van der Waals surface area (Å²) < 4.78 is 0. The van der Waals surface area contributed by atoms with Crippen LogP contribution in [0.5, 0.6) is 0 Å². The van der Waals surface area contributed by atoms with Crippen LogP contribution in [-0.4, -0.2) is 0 Å². The van der Waals surface area contributed by atoms with E-state index in [9.17, 15) is 0 Å². The molecule has 0 saturated heterocycles. The Kier molecular flexibility index (Phi) is 6.66. The van der Waals surface area contributed by atoms with Crippen LogP contribution in [0.25, 0.3) is 11.4 Å². The standard InChI is InChI=1S/C12H12N.Li/c1-2-3-5-10-12(13)11-8-6-4-7-9-11;/h2-10,13H,1H2;/q-1;+1/b5-3+,12-10-;. The maximum atomic E-state index is 7.67. The van der Waals surface area contributed by atoms with E-state index < -0.39 is 0 Å². The first-order chi connectivity index (χ1) is 6.34. The summed E-state index contributed by atoms with van der Waals surface area (Å²) in [6.45, 7) is 3.55. The number of allylic oxidation sites excluding steroid dienone is 4. The molecule has 0 aliphatic rings. The first-order valence-electron chi connectivity index (χ1n) is 4.11. The van der Waals surface area contributed by atoms with Gasteiger partial charge in [0.05, 0.1) is 0 Å². The second kappa shape index (κ2) is 7.26. The smallest absolute Gasteiger partial charge is 0.698 e. The van der Waals surface area contributed by atoms with Gasteiger partial charge in [-0.3, -0.25) is 0 Å². The molecule has 0 atom stereocenters. The van der Waals surface area contributed by atoms with Crippen molar-refractivity contribution >= 4 is 5.70 Å². The van der Waals surface area contributed by atoms with E-state index >= 15 is 0 Å². The summed E-state index contributed by atoms with van der Waals surface area (Å²) in [6.07, 6.45) is 7.05. The van der Waals surface area contributed by atoms with E-state index in [4.69, 9.17) is 5.73 Å². The number of hydrogen-bond donors (Lipinski definition) is 0. The molecule has 0 amide bonds. The Balaban J connectivity index is 0.00000169. The molecule has 0 radical (unpaired) electrons. The second-order valence-corrected chi connectivity index (χ2v) is 2.57. The maximum absolute atomic E-state index is 7.67. The molecule has 0 fully saturated rings. The number of nitrogens with one attached hydrogen (secondary N) is 1. The molecule has 1 N–H and O–H groups in total. The molecule has 0 aromatic heterocycles. The Hall–Kier alpha value is -1.16. The summed E-state index contributed by atoms with van der Waals surface area (Å²) in [6, 6.07) is 9.63. The van der Waals surface area contributed by atoms with Crippen LogP contribution in [0.15, 0.2) is 61.2 Å². The average molecular weight is 177 g/mol. The minimum atomic E-state index is 0. The van der Waals surface area contributed by atoms with Crippen LogP contribution in [0.1, 0.15) is 5.56 Å². The zero-order valence-electron chi connectivity index (χ0n) is 8.40. The zero-order valence-corrected chi connectivity index (χ0v) is 8.40. The van der Waals surface area contributed by atoms with Crippen molar-refractivity contribution in [2.45, 2.75) is 0 Å². The summed E-state index contributed by atoms with van der Waals surface area (Å²) in [4.78, 5) is 0. The fourth-order valence-corrected chi connectivity index (χ4v) is 0.944. The fourth-order valence-electron chi connectivity index (χ4n) is 0.944. The number of hydrogen-bond acceptors (Lipinski definition) is 0. The van der Waals surface area contributed by atoms with Crippen molar-refractivity contribution in [2.75, 3.05) is 0 Å². The van der Waals surface area contributed by atoms with Gasteiger partial charge in [0.2, 0.25) is 0 Å². The van der Waals surface area contributed by atoms with Gasteiger partial charge in [0.15, 0.2) is 0 Å². The van der Waals surface area contributed by atoms with Crippen molar-refractivity contribution in [1.29, 1.82) is 0 Å². The third-order valence-corrected chi connectivity index (χ3v) is 1.59. The van der Waals surface area contributed by atoms with Crippen LogP contribution in [0.2, 0.25) is 0 Å². The summed E-state index contributed by atoms with van der Waals surface area (Å²) in [5.74, 6) is 0. The summed E-state index contributed by atoms with van der Waals surface area (Å²) >= 11 is 0. The quantitative estimate of drug-likeness (QED) is 0.482. The second-order valence-electron chi connectivity index (χ2n) is 2.57. The molecule has 0 heterocycles. The Morgan fingerprint density at radius 1 is 1.14 bits per heavy atom. The summed E-state index contributed by atoms with van der Waals surface area (Å²) in [5, 5.41) is 0. The van der Waals surface area contributed by atoms with Gasteiger partial charge in [0, 0.05) is 0 Å². The van der Waals surface area contributed by atoms with E-state index in [1.165, 1.54) is 0 Å². The zero-order chi connectivity index (χ0) is 9.52. The van der Waals surface area contributed by atoms with E-state index in [-0.39, 0.29) is 18.9 Å². The molecule has 0 saturated carbocycles. The van der Waals surface area contributed by atoms with Gasteiger partial charge in [-0.1, -0.05) is 61.2 Å². The molecule has 14 heavy (non-hydrogen) atoms. The van der Waals surface area contributed by atoms with E-state index in [1.807, 2.05) is 36.4 Å². The van der Waals surface area contributed by atoms with Crippen molar-refractivity contribution in [1.82, 2.24) is 0 Å². The van der Waals surface area contributed by atoms with Gasteiger partial charge in [-0.2, -0.15) is 0 Å². The topological polar surface area (TPSA) is 23.8 Å². The van der Waals surface area contributed by atoms with Gasteiger partial charge in [0.25, 0.3) is 0 Å². The molecule has 2 heteroatoms. The first kappa shape index (κ1) is 12.8. The molecule has 0 bridgehead atoms. The third-order valence-electron chi connectivity index (χ3n) is 1.59. The molecular formula is C12H12LiN. The molecular weight excluding hydrogens is 165 g/mol. The van der Waals surface area contributed by atoms with Gasteiger partial charge in [-0.15, -0.1) is 5.70 Å². The molecule has 1 nitrogen and oxygen atoms in total. The molecule has 1 aromatic carbocycles. The molecule has 1 rings (SSSR count). The van der Waals surface area contributed by atoms with Crippen molar-refractivity contribution in [3.05, 3.63) is 72.5 Å². The largest absolute Gasteiger partial charge is 1.00 e. The normalized spacial score (nSPS) is 11.0. The van der Waals surface area contributed by atoms with E-state index in [2.05, 4.69) is 6.58 Å². The van der Waals surface area contributed by atoms with Gasteiger partial charge < -0.3 is 5.73 Å².